The second-order valence-corrected chi connectivity index (χ2v) is 11.9. The monoisotopic (exact) mass is 662 g/mol. The summed E-state index contributed by atoms with van der Waals surface area (Å²) in [5, 5.41) is 9.36. The highest BCUT2D eigenvalue weighted by atomic mass is 19.4. The average molecular weight is 663 g/mol. The molecule has 1 aliphatic carbocycles. The third kappa shape index (κ3) is 8.27. The number of carboxylic acids is 1. The third-order valence-electron chi connectivity index (χ3n) is 8.56. The van der Waals surface area contributed by atoms with Crippen molar-refractivity contribution in [3.05, 3.63) is 72.1 Å². The highest BCUT2D eigenvalue weighted by molar-refractivity contribution is 6.09. The topological polar surface area (TPSA) is 105 Å². The van der Waals surface area contributed by atoms with E-state index >= 15 is 0 Å². The number of anilines is 2. The van der Waals surface area contributed by atoms with Crippen molar-refractivity contribution in [2.75, 3.05) is 43.2 Å². The molecule has 0 radical (unpaired) electrons. The fourth-order valence-electron chi connectivity index (χ4n) is 5.81. The maximum Gasteiger partial charge on any atom is 0.455 e. The number of methoxy groups -OCH3 is 1. The van der Waals surface area contributed by atoms with Crippen LogP contribution in [-0.4, -0.2) is 72.4 Å². The van der Waals surface area contributed by atoms with E-state index in [-0.39, 0.29) is 28.7 Å². The van der Waals surface area contributed by atoms with E-state index in [1.807, 2.05) is 29.2 Å². The van der Waals surface area contributed by atoms with E-state index in [0.29, 0.717) is 55.6 Å². The van der Waals surface area contributed by atoms with E-state index in [0.717, 1.165) is 30.8 Å². The van der Waals surface area contributed by atoms with Crippen molar-refractivity contribution in [2.24, 2.45) is 11.8 Å². The summed E-state index contributed by atoms with van der Waals surface area (Å²) in [4.78, 5) is 34.8. The van der Waals surface area contributed by atoms with E-state index < -0.39 is 36.5 Å². The van der Waals surface area contributed by atoms with Crippen molar-refractivity contribution in [3.8, 4) is 11.5 Å². The first-order valence-electron chi connectivity index (χ1n) is 15.3. The number of benzene rings is 2. The lowest BCUT2D eigenvalue weighted by Crippen LogP contribution is -2.50. The Kier molecular flexibility index (Phi) is 10.2. The van der Waals surface area contributed by atoms with Gasteiger partial charge in [0.15, 0.2) is 0 Å². The van der Waals surface area contributed by atoms with Gasteiger partial charge < -0.3 is 19.5 Å². The molecule has 252 valence electrons. The molecule has 2 aromatic carbocycles. The summed E-state index contributed by atoms with van der Waals surface area (Å²) in [5.41, 5.74) is 1.16. The molecule has 14 heteroatoms. The number of aliphatic carboxylic acids is 1. The molecule has 2 heterocycles. The number of alkyl halides is 5. The summed E-state index contributed by atoms with van der Waals surface area (Å²) in [6, 6.07) is 13.2. The smallest absolute Gasteiger partial charge is 0.455 e. The summed E-state index contributed by atoms with van der Waals surface area (Å²) in [7, 11) is 1.42. The largest absolute Gasteiger partial charge is 0.497 e. The Morgan fingerprint density at radius 1 is 0.979 bits per heavy atom. The van der Waals surface area contributed by atoms with E-state index in [2.05, 4.69) is 9.97 Å². The number of carboxylic acid groups (broad SMARTS) is 1. The highest BCUT2D eigenvalue weighted by Gasteiger charge is 2.59. The van der Waals surface area contributed by atoms with Gasteiger partial charge in [-0.15, -0.1) is 0 Å². The van der Waals surface area contributed by atoms with Crippen LogP contribution in [0, 0.1) is 11.8 Å². The molecule has 1 saturated heterocycles. The number of aromatic nitrogens is 2. The number of amides is 1. The lowest BCUT2D eigenvalue weighted by Gasteiger charge is -2.35. The van der Waals surface area contributed by atoms with Gasteiger partial charge in [-0.3, -0.25) is 14.5 Å². The zero-order valence-electron chi connectivity index (χ0n) is 25.6. The highest BCUT2D eigenvalue weighted by Crippen LogP contribution is 2.45. The third-order valence-corrected chi connectivity index (χ3v) is 8.56. The Morgan fingerprint density at radius 3 is 2.30 bits per heavy atom. The first-order valence-corrected chi connectivity index (χ1v) is 15.3. The molecule has 0 spiro atoms. The van der Waals surface area contributed by atoms with Crippen LogP contribution in [0.1, 0.15) is 53.9 Å². The SMILES string of the molecule is COc1ccc(C(=O)N(CC(F)(F)C(F)(F)F)c2ncccn2)c(N2CCC(COc3cccc(C(CC(=O)O)C4CC4)c3)CC2)c1. The number of piperidine rings is 1. The number of hydrogen-bond acceptors (Lipinski definition) is 7. The van der Waals surface area contributed by atoms with Gasteiger partial charge in [0, 0.05) is 31.5 Å². The molecule has 1 N–H and O–H groups in total. The van der Waals surface area contributed by atoms with Crippen LogP contribution in [0.25, 0.3) is 0 Å². The zero-order valence-corrected chi connectivity index (χ0v) is 25.6. The predicted molar refractivity (Wildman–Crippen MR) is 162 cm³/mol. The fourth-order valence-corrected chi connectivity index (χ4v) is 5.81. The van der Waals surface area contributed by atoms with Gasteiger partial charge in [0.1, 0.15) is 18.0 Å². The molecule has 2 fully saturated rings. The van der Waals surface area contributed by atoms with Crippen molar-refractivity contribution in [1.82, 2.24) is 9.97 Å². The van der Waals surface area contributed by atoms with Crippen LogP contribution >= 0.6 is 0 Å². The van der Waals surface area contributed by atoms with Crippen LogP contribution in [0.5, 0.6) is 11.5 Å². The number of carbonyl (C=O) groups excluding carboxylic acids is 1. The van der Waals surface area contributed by atoms with Gasteiger partial charge in [0.05, 0.1) is 31.4 Å². The maximum absolute atomic E-state index is 14.3. The predicted octanol–water partition coefficient (Wildman–Crippen LogP) is 6.59. The Labute approximate surface area is 268 Å². The van der Waals surface area contributed by atoms with Crippen LogP contribution < -0.4 is 19.3 Å². The van der Waals surface area contributed by atoms with Crippen molar-refractivity contribution in [2.45, 2.75) is 50.1 Å². The summed E-state index contributed by atoms with van der Waals surface area (Å²) in [6.45, 7) is -0.697. The molecule has 1 unspecified atom stereocenters. The number of hydrogen-bond donors (Lipinski definition) is 1. The van der Waals surface area contributed by atoms with Crippen molar-refractivity contribution in [1.29, 1.82) is 0 Å². The van der Waals surface area contributed by atoms with Gasteiger partial charge in [-0.2, -0.15) is 22.0 Å². The summed E-state index contributed by atoms with van der Waals surface area (Å²) < 4.78 is 79.6. The van der Waals surface area contributed by atoms with Crippen LogP contribution in [0.15, 0.2) is 60.9 Å². The second-order valence-electron chi connectivity index (χ2n) is 11.9. The van der Waals surface area contributed by atoms with E-state index in [4.69, 9.17) is 9.47 Å². The van der Waals surface area contributed by atoms with Crippen molar-refractivity contribution >= 4 is 23.5 Å². The summed E-state index contributed by atoms with van der Waals surface area (Å²) >= 11 is 0. The van der Waals surface area contributed by atoms with E-state index in [1.54, 1.807) is 6.07 Å². The number of rotatable bonds is 13. The zero-order chi connectivity index (χ0) is 33.8. The second kappa shape index (κ2) is 14.1. The van der Waals surface area contributed by atoms with Gasteiger partial charge >= 0.3 is 18.1 Å². The lowest BCUT2D eigenvalue weighted by atomic mass is 9.91. The van der Waals surface area contributed by atoms with Gasteiger partial charge in [-0.05, 0) is 79.3 Å². The molecule has 47 heavy (non-hydrogen) atoms. The quantitative estimate of drug-likeness (QED) is 0.205. The molecule has 5 rings (SSSR count). The number of halogens is 5. The Balaban J connectivity index is 1.29. The van der Waals surface area contributed by atoms with Crippen LogP contribution in [0.4, 0.5) is 33.6 Å². The molecule has 3 aromatic rings. The summed E-state index contributed by atoms with van der Waals surface area (Å²) in [5.74, 6) is -6.28. The first-order chi connectivity index (χ1) is 22.4. The Bertz CT molecular complexity index is 1550. The summed E-state index contributed by atoms with van der Waals surface area (Å²) in [6.07, 6.45) is -0.214. The minimum Gasteiger partial charge on any atom is -0.497 e. The molecule has 9 nitrogen and oxygen atoms in total. The van der Waals surface area contributed by atoms with Crippen molar-refractivity contribution in [3.63, 3.8) is 0 Å². The standard InChI is InChI=1S/C33H35F5N4O5/c1-46-24-8-9-26(30(45)42(31-39-12-3-13-40-31)20-32(34,35)33(36,37)38)28(17-24)41-14-10-21(11-15-41)19-47-25-5-2-4-23(16-25)27(18-29(43)44)22-6-7-22/h2-5,8-9,12-13,16-17,21-22,27H,6-7,10-11,14-15,18-20H2,1H3,(H,43,44). The molecule has 1 atom stereocenters. The van der Waals surface area contributed by atoms with E-state index in [9.17, 15) is 36.6 Å². The van der Waals surface area contributed by atoms with Crippen LogP contribution in [0.3, 0.4) is 0 Å². The van der Waals surface area contributed by atoms with Crippen molar-refractivity contribution < 1.29 is 46.1 Å². The molecule has 1 aromatic heterocycles. The van der Waals surface area contributed by atoms with Gasteiger partial charge in [-0.25, -0.2) is 9.97 Å². The Morgan fingerprint density at radius 2 is 1.68 bits per heavy atom. The first kappa shape index (κ1) is 33.9. The molecule has 1 aliphatic heterocycles. The van der Waals surface area contributed by atoms with E-state index in [1.165, 1.54) is 25.3 Å². The lowest BCUT2D eigenvalue weighted by molar-refractivity contribution is -0.276. The van der Waals surface area contributed by atoms with Crippen LogP contribution in [-0.2, 0) is 4.79 Å². The van der Waals surface area contributed by atoms with Gasteiger partial charge in [0.25, 0.3) is 5.91 Å². The normalized spacial score (nSPS) is 16.4. The number of ether oxygens (including phenoxy) is 2. The minimum absolute atomic E-state index is 0.0527. The minimum atomic E-state index is -5.90. The molecular weight excluding hydrogens is 627 g/mol. The molecule has 1 saturated carbocycles. The average Bonchev–Trinajstić information content (AvgIpc) is 3.90. The molecule has 0 bridgehead atoms. The molecule has 1 amide bonds. The van der Waals surface area contributed by atoms with Gasteiger partial charge in [0.2, 0.25) is 5.95 Å². The number of nitrogens with zero attached hydrogens (tertiary/aromatic N) is 4. The Hall–Kier alpha value is -4.49. The fraction of sp³-hybridized carbons (Fsp3) is 0.455. The van der Waals surface area contributed by atoms with Crippen LogP contribution in [0.2, 0.25) is 0 Å². The number of carbonyl (C=O) groups is 2. The molecule has 2 aliphatic rings. The van der Waals surface area contributed by atoms with Gasteiger partial charge in [-0.1, -0.05) is 12.1 Å². The molecular formula is C33H35F5N4O5. The maximum atomic E-state index is 14.3.